The molecule has 0 aliphatic carbocycles. The van der Waals surface area contributed by atoms with Crippen LogP contribution in [0, 0.1) is 6.92 Å². The molecule has 2 aromatic rings. The summed E-state index contributed by atoms with van der Waals surface area (Å²) in [6, 6.07) is 7.48. The first-order valence-corrected chi connectivity index (χ1v) is 8.33. The quantitative estimate of drug-likeness (QED) is 0.787. The maximum atomic E-state index is 12.0. The van der Waals surface area contributed by atoms with Crippen LogP contribution in [0.5, 0.6) is 5.75 Å². The molecule has 0 atom stereocenters. The highest BCUT2D eigenvalue weighted by Gasteiger charge is 2.13. The SMILES string of the molecule is Cc1cc(O)ccc1C(=O)NCc1ccc(S(N)(=O)=O)s1. The van der Waals surface area contributed by atoms with Crippen LogP contribution in [-0.2, 0) is 16.6 Å². The number of carbonyl (C=O) groups is 1. The summed E-state index contributed by atoms with van der Waals surface area (Å²) in [7, 11) is -3.71. The van der Waals surface area contributed by atoms with Gasteiger partial charge >= 0.3 is 0 Å². The molecule has 1 aromatic carbocycles. The Morgan fingerprint density at radius 2 is 2.05 bits per heavy atom. The minimum absolute atomic E-state index is 0.0626. The van der Waals surface area contributed by atoms with E-state index in [9.17, 15) is 18.3 Å². The molecule has 1 amide bonds. The summed E-state index contributed by atoms with van der Waals surface area (Å²) < 4.78 is 22.4. The van der Waals surface area contributed by atoms with Crippen molar-refractivity contribution in [2.75, 3.05) is 0 Å². The zero-order chi connectivity index (χ0) is 15.6. The van der Waals surface area contributed by atoms with Crippen LogP contribution < -0.4 is 10.5 Å². The topological polar surface area (TPSA) is 109 Å². The van der Waals surface area contributed by atoms with Crippen LogP contribution in [0.2, 0.25) is 0 Å². The van der Waals surface area contributed by atoms with E-state index in [1.165, 1.54) is 24.3 Å². The number of aryl methyl sites for hydroxylation is 1. The minimum atomic E-state index is -3.71. The van der Waals surface area contributed by atoms with Crippen LogP contribution in [0.4, 0.5) is 0 Å². The van der Waals surface area contributed by atoms with E-state index in [-0.39, 0.29) is 22.4 Å². The van der Waals surface area contributed by atoms with E-state index in [2.05, 4.69) is 5.32 Å². The summed E-state index contributed by atoms with van der Waals surface area (Å²) in [4.78, 5) is 12.7. The molecule has 0 aliphatic rings. The van der Waals surface area contributed by atoms with Gasteiger partial charge in [0.15, 0.2) is 0 Å². The number of nitrogens with two attached hydrogens (primary N) is 1. The van der Waals surface area contributed by atoms with Gasteiger partial charge < -0.3 is 10.4 Å². The molecule has 1 aromatic heterocycles. The van der Waals surface area contributed by atoms with Crippen molar-refractivity contribution in [1.82, 2.24) is 5.32 Å². The number of benzene rings is 1. The van der Waals surface area contributed by atoms with Crippen LogP contribution in [-0.4, -0.2) is 19.4 Å². The summed E-state index contributed by atoms with van der Waals surface area (Å²) in [6.45, 7) is 1.93. The largest absolute Gasteiger partial charge is 0.508 e. The predicted molar refractivity (Wildman–Crippen MR) is 79.7 cm³/mol. The summed E-state index contributed by atoms with van der Waals surface area (Å²) in [5.41, 5.74) is 1.11. The van der Waals surface area contributed by atoms with Crippen LogP contribution in [0.1, 0.15) is 20.8 Å². The first-order valence-electron chi connectivity index (χ1n) is 5.96. The third kappa shape index (κ3) is 3.81. The maximum Gasteiger partial charge on any atom is 0.251 e. The molecule has 0 aliphatic heterocycles. The highest BCUT2D eigenvalue weighted by atomic mass is 32.2. The third-order valence-corrected chi connectivity index (χ3v) is 5.32. The molecule has 8 heteroatoms. The van der Waals surface area contributed by atoms with Gasteiger partial charge in [-0.1, -0.05) is 0 Å². The molecule has 0 unspecified atom stereocenters. The summed E-state index contributed by atoms with van der Waals surface area (Å²) in [5.74, 6) is -0.196. The fourth-order valence-corrected chi connectivity index (χ4v) is 3.49. The number of aromatic hydroxyl groups is 1. The zero-order valence-corrected chi connectivity index (χ0v) is 12.8. The average Bonchev–Trinajstić information content (AvgIpc) is 2.84. The van der Waals surface area contributed by atoms with E-state index in [0.29, 0.717) is 16.0 Å². The van der Waals surface area contributed by atoms with Gasteiger partial charge in [0.05, 0.1) is 6.54 Å². The first kappa shape index (κ1) is 15.5. The second-order valence-electron chi connectivity index (χ2n) is 4.45. The van der Waals surface area contributed by atoms with Gasteiger partial charge in [0.25, 0.3) is 5.91 Å². The van der Waals surface area contributed by atoms with Gasteiger partial charge in [-0.2, -0.15) is 0 Å². The lowest BCUT2D eigenvalue weighted by Gasteiger charge is -2.07. The summed E-state index contributed by atoms with van der Waals surface area (Å²) in [5, 5.41) is 17.0. The lowest BCUT2D eigenvalue weighted by molar-refractivity contribution is 0.0950. The van der Waals surface area contributed by atoms with Gasteiger partial charge in [0, 0.05) is 10.4 Å². The van der Waals surface area contributed by atoms with Gasteiger partial charge in [-0.05, 0) is 42.8 Å². The Labute approximate surface area is 126 Å². The minimum Gasteiger partial charge on any atom is -0.508 e. The predicted octanol–water partition coefficient (Wildman–Crippen LogP) is 1.34. The van der Waals surface area contributed by atoms with E-state index in [4.69, 9.17) is 5.14 Å². The Bertz CT molecular complexity index is 781. The number of primary sulfonamides is 1. The van der Waals surface area contributed by atoms with Crippen LogP contribution in [0.25, 0.3) is 0 Å². The van der Waals surface area contributed by atoms with Gasteiger partial charge in [0.1, 0.15) is 9.96 Å². The van der Waals surface area contributed by atoms with Crippen molar-refractivity contribution in [2.24, 2.45) is 5.14 Å². The van der Waals surface area contributed by atoms with E-state index in [1.54, 1.807) is 13.0 Å². The average molecular weight is 326 g/mol. The van der Waals surface area contributed by atoms with Gasteiger partial charge in [-0.25, -0.2) is 13.6 Å². The summed E-state index contributed by atoms with van der Waals surface area (Å²) in [6.07, 6.45) is 0. The zero-order valence-electron chi connectivity index (χ0n) is 11.2. The number of phenolic OH excluding ortho intramolecular Hbond substituents is 1. The second kappa shape index (κ2) is 5.84. The number of nitrogens with one attached hydrogen (secondary N) is 1. The van der Waals surface area contributed by atoms with Crippen molar-refractivity contribution in [3.8, 4) is 5.75 Å². The normalized spacial score (nSPS) is 11.3. The van der Waals surface area contributed by atoms with Gasteiger partial charge in [-0.15, -0.1) is 11.3 Å². The van der Waals surface area contributed by atoms with Crippen molar-refractivity contribution in [3.63, 3.8) is 0 Å². The number of rotatable bonds is 4. The molecule has 4 N–H and O–H groups in total. The molecule has 2 rings (SSSR count). The van der Waals surface area contributed by atoms with Crippen molar-refractivity contribution in [2.45, 2.75) is 17.7 Å². The lowest BCUT2D eigenvalue weighted by atomic mass is 10.1. The van der Waals surface area contributed by atoms with Gasteiger partial charge in [-0.3, -0.25) is 4.79 Å². The van der Waals surface area contributed by atoms with Gasteiger partial charge in [0.2, 0.25) is 10.0 Å². The maximum absolute atomic E-state index is 12.0. The molecule has 0 saturated carbocycles. The Morgan fingerprint density at radius 3 is 2.62 bits per heavy atom. The number of sulfonamides is 1. The standard InChI is InChI=1S/C13H14N2O4S2/c1-8-6-9(16)2-4-11(8)13(17)15-7-10-3-5-12(20-10)21(14,18)19/h2-6,16H,7H2,1H3,(H,15,17)(H2,14,18,19). The number of thiophene rings is 1. The highest BCUT2D eigenvalue weighted by Crippen LogP contribution is 2.20. The van der Waals surface area contributed by atoms with E-state index >= 15 is 0 Å². The second-order valence-corrected chi connectivity index (χ2v) is 7.40. The summed E-state index contributed by atoms with van der Waals surface area (Å²) >= 11 is 1.02. The molecule has 6 nitrogen and oxygen atoms in total. The smallest absolute Gasteiger partial charge is 0.251 e. The van der Waals surface area contributed by atoms with Crippen LogP contribution >= 0.6 is 11.3 Å². The first-order chi connectivity index (χ1) is 9.77. The van der Waals surface area contributed by atoms with Crippen molar-refractivity contribution in [1.29, 1.82) is 0 Å². The van der Waals surface area contributed by atoms with E-state index < -0.39 is 10.0 Å². The molecular formula is C13H14N2O4S2. The van der Waals surface area contributed by atoms with Crippen LogP contribution in [0.3, 0.4) is 0 Å². The Hall–Kier alpha value is -1.90. The number of phenols is 1. The number of carbonyl (C=O) groups excluding carboxylic acids is 1. The molecule has 1 heterocycles. The van der Waals surface area contributed by atoms with Crippen molar-refractivity contribution < 1.29 is 18.3 Å². The Kier molecular flexibility index (Phi) is 4.31. The third-order valence-electron chi connectivity index (χ3n) is 2.80. The number of hydrogen-bond acceptors (Lipinski definition) is 5. The Morgan fingerprint density at radius 1 is 1.33 bits per heavy atom. The number of amides is 1. The molecule has 21 heavy (non-hydrogen) atoms. The van der Waals surface area contributed by atoms with Crippen LogP contribution in [0.15, 0.2) is 34.5 Å². The van der Waals surface area contributed by atoms with E-state index in [1.807, 2.05) is 0 Å². The van der Waals surface area contributed by atoms with Crippen molar-refractivity contribution >= 4 is 27.3 Å². The number of hydrogen-bond donors (Lipinski definition) is 3. The van der Waals surface area contributed by atoms with E-state index in [0.717, 1.165) is 11.3 Å². The molecule has 0 radical (unpaired) electrons. The fourth-order valence-electron chi connectivity index (χ4n) is 1.77. The molecule has 0 saturated heterocycles. The highest BCUT2D eigenvalue weighted by molar-refractivity contribution is 7.91. The molecule has 0 spiro atoms. The molecule has 0 bridgehead atoms. The lowest BCUT2D eigenvalue weighted by Crippen LogP contribution is -2.23. The fraction of sp³-hybridized carbons (Fsp3) is 0.154. The monoisotopic (exact) mass is 326 g/mol. The molecular weight excluding hydrogens is 312 g/mol. The van der Waals surface area contributed by atoms with Crippen molar-refractivity contribution in [3.05, 3.63) is 46.3 Å². The Balaban J connectivity index is 2.06. The molecule has 0 fully saturated rings. The molecule has 112 valence electrons.